The first kappa shape index (κ1) is 13.1. The molecule has 2 amide bonds. The Morgan fingerprint density at radius 3 is 2.72 bits per heavy atom. The van der Waals surface area contributed by atoms with Gasteiger partial charge in [-0.15, -0.1) is 0 Å². The van der Waals surface area contributed by atoms with Gasteiger partial charge in [0.2, 0.25) is 0 Å². The lowest BCUT2D eigenvalue weighted by Gasteiger charge is -2.38. The van der Waals surface area contributed by atoms with E-state index in [-0.39, 0.29) is 18.7 Å². The Morgan fingerprint density at radius 2 is 2.22 bits per heavy atom. The summed E-state index contributed by atoms with van der Waals surface area (Å²) in [6, 6.07) is -0.183. The molecule has 1 saturated carbocycles. The van der Waals surface area contributed by atoms with Gasteiger partial charge in [0.05, 0.1) is 18.1 Å². The predicted molar refractivity (Wildman–Crippen MR) is 64.3 cm³/mol. The molecule has 0 aromatic rings. The van der Waals surface area contributed by atoms with Crippen LogP contribution in [0.4, 0.5) is 4.79 Å². The van der Waals surface area contributed by atoms with Gasteiger partial charge in [-0.25, -0.2) is 4.79 Å². The van der Waals surface area contributed by atoms with Crippen LogP contribution in [0, 0.1) is 5.41 Å². The Kier molecular flexibility index (Phi) is 3.75. The molecule has 6 heteroatoms. The molecule has 18 heavy (non-hydrogen) atoms. The minimum atomic E-state index is -0.801. The fraction of sp³-hybridized carbons (Fsp3) is 0.833. The van der Waals surface area contributed by atoms with Crippen LogP contribution in [0.5, 0.6) is 0 Å². The second-order valence-corrected chi connectivity index (χ2v) is 5.23. The van der Waals surface area contributed by atoms with Crippen molar-refractivity contribution < 1.29 is 19.4 Å². The SMILES string of the molecule is CC1CN(C(=O)NCC2(C(=O)O)CCC2)CCO1. The van der Waals surface area contributed by atoms with Crippen molar-refractivity contribution in [1.82, 2.24) is 10.2 Å². The quantitative estimate of drug-likeness (QED) is 0.778. The maximum atomic E-state index is 11.9. The zero-order chi connectivity index (χ0) is 13.2. The van der Waals surface area contributed by atoms with Gasteiger partial charge in [-0.1, -0.05) is 6.42 Å². The van der Waals surface area contributed by atoms with E-state index in [0.29, 0.717) is 32.5 Å². The molecule has 1 atom stereocenters. The summed E-state index contributed by atoms with van der Waals surface area (Å²) < 4.78 is 5.36. The predicted octanol–water partition coefficient (Wildman–Crippen LogP) is 0.672. The number of urea groups is 1. The van der Waals surface area contributed by atoms with Gasteiger partial charge in [0.15, 0.2) is 0 Å². The summed E-state index contributed by atoms with van der Waals surface area (Å²) in [5.41, 5.74) is -0.729. The monoisotopic (exact) mass is 256 g/mol. The van der Waals surface area contributed by atoms with E-state index in [1.54, 1.807) is 4.90 Å². The van der Waals surface area contributed by atoms with Crippen molar-refractivity contribution in [2.24, 2.45) is 5.41 Å². The number of carbonyl (C=O) groups excluding carboxylic acids is 1. The number of hydrogen-bond donors (Lipinski definition) is 2. The molecule has 1 saturated heterocycles. The Balaban J connectivity index is 1.82. The second-order valence-electron chi connectivity index (χ2n) is 5.23. The number of nitrogens with zero attached hydrogens (tertiary/aromatic N) is 1. The number of morpholine rings is 1. The highest BCUT2D eigenvalue weighted by atomic mass is 16.5. The largest absolute Gasteiger partial charge is 0.481 e. The summed E-state index contributed by atoms with van der Waals surface area (Å²) in [6.45, 7) is 3.82. The molecule has 2 N–H and O–H groups in total. The molecule has 1 heterocycles. The molecule has 1 aliphatic carbocycles. The van der Waals surface area contributed by atoms with E-state index in [9.17, 15) is 9.59 Å². The van der Waals surface area contributed by atoms with E-state index in [0.717, 1.165) is 6.42 Å². The minimum Gasteiger partial charge on any atom is -0.481 e. The lowest BCUT2D eigenvalue weighted by Crippen LogP contribution is -2.53. The zero-order valence-corrected chi connectivity index (χ0v) is 10.6. The van der Waals surface area contributed by atoms with Crippen LogP contribution in [-0.2, 0) is 9.53 Å². The number of carboxylic acids is 1. The first-order valence-electron chi connectivity index (χ1n) is 6.41. The van der Waals surface area contributed by atoms with Crippen molar-refractivity contribution in [1.29, 1.82) is 0 Å². The van der Waals surface area contributed by atoms with Crippen molar-refractivity contribution >= 4 is 12.0 Å². The third-order valence-electron chi connectivity index (χ3n) is 3.87. The van der Waals surface area contributed by atoms with E-state index in [1.165, 1.54) is 0 Å². The van der Waals surface area contributed by atoms with Gasteiger partial charge in [0.25, 0.3) is 0 Å². The van der Waals surface area contributed by atoms with E-state index >= 15 is 0 Å². The smallest absolute Gasteiger partial charge is 0.317 e. The van der Waals surface area contributed by atoms with Gasteiger partial charge in [-0.05, 0) is 19.8 Å². The van der Waals surface area contributed by atoms with Crippen LogP contribution >= 0.6 is 0 Å². The number of nitrogens with one attached hydrogen (secondary N) is 1. The molecule has 0 aromatic heterocycles. The number of ether oxygens (including phenoxy) is 1. The number of hydrogen-bond acceptors (Lipinski definition) is 3. The van der Waals surface area contributed by atoms with Gasteiger partial charge in [0, 0.05) is 19.6 Å². The second kappa shape index (κ2) is 5.14. The van der Waals surface area contributed by atoms with Crippen LogP contribution < -0.4 is 5.32 Å². The maximum Gasteiger partial charge on any atom is 0.317 e. The van der Waals surface area contributed by atoms with Crippen LogP contribution in [0.1, 0.15) is 26.2 Å². The van der Waals surface area contributed by atoms with Crippen LogP contribution in [0.25, 0.3) is 0 Å². The fourth-order valence-electron chi connectivity index (χ4n) is 2.43. The molecule has 1 unspecified atom stereocenters. The van der Waals surface area contributed by atoms with Crippen molar-refractivity contribution in [3.8, 4) is 0 Å². The van der Waals surface area contributed by atoms with E-state index in [1.807, 2.05) is 6.92 Å². The fourth-order valence-corrected chi connectivity index (χ4v) is 2.43. The highest BCUT2D eigenvalue weighted by Crippen LogP contribution is 2.40. The summed E-state index contributed by atoms with van der Waals surface area (Å²) in [5, 5.41) is 11.9. The van der Waals surface area contributed by atoms with Crippen LogP contribution in [-0.4, -0.2) is 54.4 Å². The summed E-state index contributed by atoms with van der Waals surface area (Å²) >= 11 is 0. The summed E-state index contributed by atoms with van der Waals surface area (Å²) in [5.74, 6) is -0.801. The normalized spacial score (nSPS) is 26.3. The number of amides is 2. The molecule has 2 aliphatic rings. The third-order valence-corrected chi connectivity index (χ3v) is 3.87. The standard InChI is InChI=1S/C12H20N2O4/c1-9-7-14(5-6-18-9)11(17)13-8-12(10(15)16)3-2-4-12/h9H,2-8H2,1H3,(H,13,17)(H,15,16). The van der Waals surface area contributed by atoms with Crippen LogP contribution in [0.2, 0.25) is 0 Å². The topological polar surface area (TPSA) is 78.9 Å². The number of rotatable bonds is 3. The number of carbonyl (C=O) groups is 2. The molecule has 0 bridgehead atoms. The molecule has 2 rings (SSSR count). The summed E-state index contributed by atoms with van der Waals surface area (Å²) in [4.78, 5) is 24.8. The molecule has 102 valence electrons. The van der Waals surface area contributed by atoms with Crippen molar-refractivity contribution in [2.45, 2.75) is 32.3 Å². The van der Waals surface area contributed by atoms with Gasteiger partial charge < -0.3 is 20.1 Å². The highest BCUT2D eigenvalue weighted by molar-refractivity contribution is 5.79. The van der Waals surface area contributed by atoms with E-state index in [2.05, 4.69) is 5.32 Å². The van der Waals surface area contributed by atoms with Crippen molar-refractivity contribution in [2.75, 3.05) is 26.2 Å². The molecular weight excluding hydrogens is 236 g/mol. The third kappa shape index (κ3) is 2.58. The molecule has 6 nitrogen and oxygen atoms in total. The molecular formula is C12H20N2O4. The van der Waals surface area contributed by atoms with Gasteiger partial charge in [-0.3, -0.25) is 4.79 Å². The van der Waals surface area contributed by atoms with Gasteiger partial charge in [-0.2, -0.15) is 0 Å². The lowest BCUT2D eigenvalue weighted by molar-refractivity contribution is -0.153. The molecule has 1 aliphatic heterocycles. The number of aliphatic carboxylic acids is 1. The van der Waals surface area contributed by atoms with Crippen LogP contribution in [0.15, 0.2) is 0 Å². The first-order valence-corrected chi connectivity index (χ1v) is 6.41. The minimum absolute atomic E-state index is 0.0432. The summed E-state index contributed by atoms with van der Waals surface area (Å²) in [6.07, 6.45) is 2.28. The Hall–Kier alpha value is -1.30. The Morgan fingerprint density at radius 1 is 1.50 bits per heavy atom. The van der Waals surface area contributed by atoms with Gasteiger partial charge in [0.1, 0.15) is 0 Å². The Labute approximate surface area is 106 Å². The average Bonchev–Trinajstić information content (AvgIpc) is 2.26. The van der Waals surface area contributed by atoms with Crippen LogP contribution in [0.3, 0.4) is 0 Å². The van der Waals surface area contributed by atoms with Gasteiger partial charge >= 0.3 is 12.0 Å². The molecule has 0 aromatic carbocycles. The van der Waals surface area contributed by atoms with Crippen molar-refractivity contribution in [3.05, 3.63) is 0 Å². The zero-order valence-electron chi connectivity index (χ0n) is 10.6. The van der Waals surface area contributed by atoms with E-state index in [4.69, 9.17) is 9.84 Å². The molecule has 2 fully saturated rings. The van der Waals surface area contributed by atoms with Crippen molar-refractivity contribution in [3.63, 3.8) is 0 Å². The highest BCUT2D eigenvalue weighted by Gasteiger charge is 2.44. The number of carboxylic acid groups (broad SMARTS) is 1. The maximum absolute atomic E-state index is 11.9. The molecule has 0 spiro atoms. The first-order chi connectivity index (χ1) is 8.53. The lowest BCUT2D eigenvalue weighted by atomic mass is 9.69. The average molecular weight is 256 g/mol. The Bertz CT molecular complexity index is 341. The summed E-state index contributed by atoms with van der Waals surface area (Å²) in [7, 11) is 0. The van der Waals surface area contributed by atoms with E-state index < -0.39 is 11.4 Å². The molecule has 0 radical (unpaired) electrons.